The molecule has 0 aliphatic heterocycles. The summed E-state index contributed by atoms with van der Waals surface area (Å²) in [5.74, 6) is -0.528. The molecule has 0 saturated carbocycles. The summed E-state index contributed by atoms with van der Waals surface area (Å²) >= 11 is 0. The Morgan fingerprint density at radius 3 is 2.44 bits per heavy atom. The number of hydrogen-bond acceptors (Lipinski definition) is 3. The van der Waals surface area contributed by atoms with Gasteiger partial charge in [-0.05, 0) is 37.1 Å². The molecule has 0 aromatic heterocycles. The monoisotopic (exact) mass is 275 g/mol. The van der Waals surface area contributed by atoms with E-state index in [0.717, 1.165) is 12.0 Å². The Morgan fingerprint density at radius 2 is 1.94 bits per heavy atom. The van der Waals surface area contributed by atoms with Crippen LogP contribution in [0.4, 0.5) is 4.39 Å². The van der Waals surface area contributed by atoms with Gasteiger partial charge in [0.25, 0.3) is 10.1 Å². The molecule has 0 bridgehead atoms. The highest BCUT2D eigenvalue weighted by Gasteiger charge is 2.09. The lowest BCUT2D eigenvalue weighted by atomic mass is 10.0. The average molecular weight is 275 g/mol. The van der Waals surface area contributed by atoms with Crippen LogP contribution < -0.4 is 5.32 Å². The maximum absolute atomic E-state index is 12.8. The SMILES string of the molecule is CCC(NCCCS(=O)(=O)O)c1ccc(F)cc1. The predicted molar refractivity (Wildman–Crippen MR) is 68.5 cm³/mol. The molecule has 2 N–H and O–H groups in total. The van der Waals surface area contributed by atoms with Crippen molar-refractivity contribution in [1.29, 1.82) is 0 Å². The molecule has 1 atom stereocenters. The van der Waals surface area contributed by atoms with Crippen LogP contribution in [-0.2, 0) is 10.1 Å². The Kier molecular flexibility index (Phi) is 5.71. The van der Waals surface area contributed by atoms with Gasteiger partial charge >= 0.3 is 0 Å². The van der Waals surface area contributed by atoms with Gasteiger partial charge in [-0.1, -0.05) is 19.1 Å². The fourth-order valence-corrected chi connectivity index (χ4v) is 2.23. The molecule has 1 aromatic rings. The molecule has 102 valence electrons. The fourth-order valence-electron chi connectivity index (χ4n) is 1.72. The van der Waals surface area contributed by atoms with E-state index in [1.807, 2.05) is 6.92 Å². The van der Waals surface area contributed by atoms with E-state index in [9.17, 15) is 12.8 Å². The molecule has 18 heavy (non-hydrogen) atoms. The summed E-state index contributed by atoms with van der Waals surface area (Å²) < 4.78 is 42.4. The predicted octanol–water partition coefficient (Wildman–Crippen LogP) is 2.14. The molecule has 1 aromatic carbocycles. The first-order valence-corrected chi connectivity index (χ1v) is 7.47. The highest BCUT2D eigenvalue weighted by Crippen LogP contribution is 2.16. The number of rotatable bonds is 7. The first-order valence-electron chi connectivity index (χ1n) is 5.86. The van der Waals surface area contributed by atoms with Gasteiger partial charge in [0.1, 0.15) is 5.82 Å². The van der Waals surface area contributed by atoms with Crippen molar-refractivity contribution >= 4 is 10.1 Å². The summed E-state index contributed by atoms with van der Waals surface area (Å²) in [6.07, 6.45) is 1.16. The van der Waals surface area contributed by atoms with Gasteiger partial charge in [0.15, 0.2) is 0 Å². The van der Waals surface area contributed by atoms with Crippen LogP contribution in [0.1, 0.15) is 31.4 Å². The van der Waals surface area contributed by atoms with E-state index in [2.05, 4.69) is 5.32 Å². The minimum Gasteiger partial charge on any atom is -0.310 e. The minimum atomic E-state index is -3.89. The normalized spacial score (nSPS) is 13.5. The van der Waals surface area contributed by atoms with E-state index >= 15 is 0 Å². The van der Waals surface area contributed by atoms with E-state index in [0.29, 0.717) is 13.0 Å². The first kappa shape index (κ1) is 15.1. The molecule has 1 unspecified atom stereocenters. The topological polar surface area (TPSA) is 66.4 Å². The van der Waals surface area contributed by atoms with Crippen molar-refractivity contribution in [2.75, 3.05) is 12.3 Å². The summed E-state index contributed by atoms with van der Waals surface area (Å²) in [4.78, 5) is 0. The molecule has 0 saturated heterocycles. The van der Waals surface area contributed by atoms with Crippen molar-refractivity contribution in [2.24, 2.45) is 0 Å². The molecule has 0 amide bonds. The zero-order valence-corrected chi connectivity index (χ0v) is 11.1. The standard InChI is InChI=1S/C12H18FNO3S/c1-2-12(10-4-6-11(13)7-5-10)14-8-3-9-18(15,16)17/h4-7,12,14H,2-3,8-9H2,1H3,(H,15,16,17). The quantitative estimate of drug-likeness (QED) is 0.591. The average Bonchev–Trinajstić information content (AvgIpc) is 2.29. The third kappa shape index (κ3) is 5.57. The van der Waals surface area contributed by atoms with Gasteiger partial charge in [0.05, 0.1) is 5.75 Å². The van der Waals surface area contributed by atoms with Crippen molar-refractivity contribution in [3.05, 3.63) is 35.6 Å². The maximum atomic E-state index is 12.8. The summed E-state index contributed by atoms with van der Waals surface area (Å²) in [6, 6.07) is 6.28. The van der Waals surface area contributed by atoms with Gasteiger partial charge in [0, 0.05) is 6.04 Å². The molecule has 0 heterocycles. The van der Waals surface area contributed by atoms with Crippen LogP contribution >= 0.6 is 0 Å². The summed E-state index contributed by atoms with van der Waals surface area (Å²) in [6.45, 7) is 2.47. The number of benzene rings is 1. The van der Waals surface area contributed by atoms with Crippen molar-refractivity contribution in [3.63, 3.8) is 0 Å². The maximum Gasteiger partial charge on any atom is 0.264 e. The van der Waals surface area contributed by atoms with Crippen LogP contribution in [0.2, 0.25) is 0 Å². The third-order valence-electron chi connectivity index (χ3n) is 2.65. The van der Waals surface area contributed by atoms with Crippen molar-refractivity contribution in [1.82, 2.24) is 5.32 Å². The van der Waals surface area contributed by atoms with Gasteiger partial charge in [-0.15, -0.1) is 0 Å². The zero-order chi connectivity index (χ0) is 13.6. The zero-order valence-electron chi connectivity index (χ0n) is 10.3. The lowest BCUT2D eigenvalue weighted by molar-refractivity contribution is 0.473. The van der Waals surface area contributed by atoms with Crippen LogP contribution in [0.15, 0.2) is 24.3 Å². The van der Waals surface area contributed by atoms with E-state index in [4.69, 9.17) is 4.55 Å². The minimum absolute atomic E-state index is 0.0620. The Labute approximate surface area is 107 Å². The summed E-state index contributed by atoms with van der Waals surface area (Å²) in [5, 5.41) is 3.18. The van der Waals surface area contributed by atoms with Crippen molar-refractivity contribution < 1.29 is 17.4 Å². The first-order chi connectivity index (χ1) is 8.42. The van der Waals surface area contributed by atoms with Crippen LogP contribution in [0.3, 0.4) is 0 Å². The molecular formula is C12H18FNO3S. The van der Waals surface area contributed by atoms with Crippen LogP contribution in [0.5, 0.6) is 0 Å². The van der Waals surface area contributed by atoms with Gasteiger partial charge in [0.2, 0.25) is 0 Å². The number of halogens is 1. The number of hydrogen-bond donors (Lipinski definition) is 2. The molecule has 4 nitrogen and oxygen atoms in total. The molecule has 0 fully saturated rings. The van der Waals surface area contributed by atoms with E-state index in [1.165, 1.54) is 12.1 Å². The van der Waals surface area contributed by atoms with Crippen molar-refractivity contribution in [3.8, 4) is 0 Å². The lowest BCUT2D eigenvalue weighted by Crippen LogP contribution is -2.23. The van der Waals surface area contributed by atoms with E-state index in [1.54, 1.807) is 12.1 Å². The second kappa shape index (κ2) is 6.82. The smallest absolute Gasteiger partial charge is 0.264 e. The fraction of sp³-hybridized carbons (Fsp3) is 0.500. The Bertz CT molecular complexity index is 459. The van der Waals surface area contributed by atoms with Crippen LogP contribution in [0, 0.1) is 5.82 Å². The van der Waals surface area contributed by atoms with E-state index in [-0.39, 0.29) is 17.6 Å². The highest BCUT2D eigenvalue weighted by molar-refractivity contribution is 7.85. The molecule has 0 radical (unpaired) electrons. The van der Waals surface area contributed by atoms with Gasteiger partial charge in [-0.3, -0.25) is 4.55 Å². The van der Waals surface area contributed by atoms with E-state index < -0.39 is 10.1 Å². The molecule has 1 rings (SSSR count). The summed E-state index contributed by atoms with van der Waals surface area (Å²) in [5.41, 5.74) is 0.964. The second-order valence-corrected chi connectivity index (χ2v) is 5.68. The van der Waals surface area contributed by atoms with Crippen LogP contribution in [-0.4, -0.2) is 25.3 Å². The van der Waals surface area contributed by atoms with Crippen LogP contribution in [0.25, 0.3) is 0 Å². The largest absolute Gasteiger partial charge is 0.310 e. The van der Waals surface area contributed by atoms with Crippen molar-refractivity contribution in [2.45, 2.75) is 25.8 Å². The molecule has 6 heteroatoms. The molecule has 0 aliphatic rings. The Morgan fingerprint density at radius 1 is 1.33 bits per heavy atom. The number of nitrogens with one attached hydrogen (secondary N) is 1. The Hall–Kier alpha value is -0.980. The summed E-state index contributed by atoms with van der Waals surface area (Å²) in [7, 11) is -3.89. The lowest BCUT2D eigenvalue weighted by Gasteiger charge is -2.17. The van der Waals surface area contributed by atoms with Gasteiger partial charge < -0.3 is 5.32 Å². The molecular weight excluding hydrogens is 257 g/mol. The van der Waals surface area contributed by atoms with Gasteiger partial charge in [-0.2, -0.15) is 8.42 Å². The Balaban J connectivity index is 2.45. The molecule has 0 spiro atoms. The third-order valence-corrected chi connectivity index (χ3v) is 3.46. The van der Waals surface area contributed by atoms with Gasteiger partial charge in [-0.25, -0.2) is 4.39 Å². The molecule has 0 aliphatic carbocycles. The second-order valence-electron chi connectivity index (χ2n) is 4.11. The highest BCUT2D eigenvalue weighted by atomic mass is 32.2.